The summed E-state index contributed by atoms with van der Waals surface area (Å²) in [6, 6.07) is 20.4. The van der Waals surface area contributed by atoms with Crippen molar-refractivity contribution < 1.29 is 4.79 Å². The number of nitrogens with two attached hydrogens (primary N) is 1. The van der Waals surface area contributed by atoms with Crippen molar-refractivity contribution in [1.82, 2.24) is 14.8 Å². The van der Waals surface area contributed by atoms with E-state index in [-0.39, 0.29) is 11.9 Å². The van der Waals surface area contributed by atoms with Crippen molar-refractivity contribution in [3.63, 3.8) is 0 Å². The Kier molecular flexibility index (Phi) is 5.23. The minimum absolute atomic E-state index is 0.0684. The maximum absolute atomic E-state index is 13.2. The number of pyridine rings is 1. The maximum Gasteiger partial charge on any atom is 0.273 e. The number of carbonyl (C=O) groups excluding carboxylic acids is 1. The summed E-state index contributed by atoms with van der Waals surface area (Å²) in [7, 11) is 0. The van der Waals surface area contributed by atoms with Crippen molar-refractivity contribution in [1.29, 1.82) is 0 Å². The van der Waals surface area contributed by atoms with E-state index in [4.69, 9.17) is 5.73 Å². The number of carbonyl (C=O) groups is 1. The van der Waals surface area contributed by atoms with E-state index in [0.29, 0.717) is 17.5 Å². The lowest BCUT2D eigenvalue weighted by Crippen LogP contribution is -2.34. The van der Waals surface area contributed by atoms with Crippen LogP contribution in [0.1, 0.15) is 28.5 Å². The Hall–Kier alpha value is -2.76. The molecule has 3 atom stereocenters. The van der Waals surface area contributed by atoms with Crippen molar-refractivity contribution in [3.8, 4) is 0 Å². The van der Waals surface area contributed by atoms with E-state index in [2.05, 4.69) is 22.0 Å². The largest absolute Gasteiger partial charge is 0.337 e. The Morgan fingerprint density at radius 1 is 0.967 bits per heavy atom. The number of aromatic nitrogens is 1. The van der Waals surface area contributed by atoms with E-state index in [1.54, 1.807) is 6.20 Å². The average Bonchev–Trinajstić information content (AvgIpc) is 3.36. The molecule has 2 aromatic carbocycles. The van der Waals surface area contributed by atoms with E-state index in [0.717, 1.165) is 49.9 Å². The van der Waals surface area contributed by atoms with Crippen LogP contribution in [0.5, 0.6) is 0 Å². The van der Waals surface area contributed by atoms with Crippen LogP contribution in [0.3, 0.4) is 0 Å². The van der Waals surface area contributed by atoms with Crippen LogP contribution in [0.4, 0.5) is 0 Å². The second-order valence-corrected chi connectivity index (χ2v) is 8.68. The molecule has 2 aliphatic rings. The third kappa shape index (κ3) is 3.71. The molecule has 2 N–H and O–H groups in total. The van der Waals surface area contributed by atoms with Crippen LogP contribution < -0.4 is 5.73 Å². The van der Waals surface area contributed by atoms with Gasteiger partial charge in [-0.25, -0.2) is 0 Å². The fourth-order valence-corrected chi connectivity index (χ4v) is 5.07. The topological polar surface area (TPSA) is 62.5 Å². The van der Waals surface area contributed by atoms with Crippen LogP contribution in [0, 0.1) is 11.8 Å². The van der Waals surface area contributed by atoms with Gasteiger partial charge in [-0.1, -0.05) is 54.6 Å². The zero-order valence-corrected chi connectivity index (χ0v) is 17.2. The molecule has 2 saturated heterocycles. The zero-order chi connectivity index (χ0) is 20.5. The lowest BCUT2D eigenvalue weighted by molar-refractivity contribution is 0.0770. The van der Waals surface area contributed by atoms with Gasteiger partial charge in [-0.3, -0.25) is 9.78 Å². The van der Waals surface area contributed by atoms with Gasteiger partial charge in [-0.15, -0.1) is 0 Å². The first-order chi connectivity index (χ1) is 14.7. The summed E-state index contributed by atoms with van der Waals surface area (Å²) in [5.74, 6) is 1.17. The predicted octanol–water partition coefficient (Wildman–Crippen LogP) is 3.33. The van der Waals surface area contributed by atoms with Crippen LogP contribution in [0.15, 0.2) is 66.9 Å². The SMILES string of the molecule is N[C@@H](CCN1CC2CN(C(=O)c3nccc4ccccc34)CC2C1)c1ccccc1. The minimum Gasteiger partial charge on any atom is -0.337 e. The fourth-order valence-electron chi connectivity index (χ4n) is 5.07. The molecular weight excluding hydrogens is 372 g/mol. The number of hydrogen-bond acceptors (Lipinski definition) is 4. The van der Waals surface area contributed by atoms with Crippen LogP contribution in [-0.2, 0) is 0 Å². The molecule has 3 aromatic rings. The van der Waals surface area contributed by atoms with E-state index in [9.17, 15) is 4.79 Å². The summed E-state index contributed by atoms with van der Waals surface area (Å²) in [5, 5.41) is 2.01. The molecule has 5 nitrogen and oxygen atoms in total. The van der Waals surface area contributed by atoms with E-state index in [1.807, 2.05) is 53.4 Å². The van der Waals surface area contributed by atoms with Gasteiger partial charge < -0.3 is 15.5 Å². The van der Waals surface area contributed by atoms with Gasteiger partial charge in [0, 0.05) is 43.8 Å². The highest BCUT2D eigenvalue weighted by Gasteiger charge is 2.41. The highest BCUT2D eigenvalue weighted by Crippen LogP contribution is 2.33. The summed E-state index contributed by atoms with van der Waals surface area (Å²) in [5.41, 5.74) is 8.16. The number of likely N-dealkylation sites (tertiary alicyclic amines) is 2. The molecule has 1 aromatic heterocycles. The van der Waals surface area contributed by atoms with Crippen LogP contribution in [0.2, 0.25) is 0 Å². The standard InChI is InChI=1S/C25H28N4O/c26-23(19-7-2-1-3-8-19)11-13-28-14-20-16-29(17-21(20)15-28)25(30)24-22-9-5-4-6-18(22)10-12-27-24/h1-10,12,20-21,23H,11,13-17,26H2/t20?,21?,23-/m0/s1. The smallest absolute Gasteiger partial charge is 0.273 e. The second-order valence-electron chi connectivity index (χ2n) is 8.68. The number of nitrogens with zero attached hydrogens (tertiary/aromatic N) is 3. The Labute approximate surface area is 177 Å². The van der Waals surface area contributed by atoms with E-state index < -0.39 is 0 Å². The molecule has 3 heterocycles. The monoisotopic (exact) mass is 400 g/mol. The first-order valence-corrected chi connectivity index (χ1v) is 10.8. The quantitative estimate of drug-likeness (QED) is 0.714. The zero-order valence-electron chi connectivity index (χ0n) is 17.2. The van der Waals surface area contributed by atoms with Crippen LogP contribution in [-0.4, -0.2) is 53.4 Å². The van der Waals surface area contributed by atoms with Gasteiger partial charge in [0.05, 0.1) is 0 Å². The molecule has 154 valence electrons. The van der Waals surface area contributed by atoms with Crippen molar-refractivity contribution in [2.24, 2.45) is 17.6 Å². The minimum atomic E-state index is 0.0684. The van der Waals surface area contributed by atoms with E-state index in [1.165, 1.54) is 5.56 Å². The highest BCUT2D eigenvalue weighted by molar-refractivity contribution is 6.05. The van der Waals surface area contributed by atoms with E-state index >= 15 is 0 Å². The molecule has 0 aliphatic carbocycles. The van der Waals surface area contributed by atoms with Gasteiger partial charge in [-0.2, -0.15) is 0 Å². The molecular formula is C25H28N4O. The summed E-state index contributed by atoms with van der Waals surface area (Å²) in [4.78, 5) is 22.1. The van der Waals surface area contributed by atoms with Gasteiger partial charge in [0.25, 0.3) is 5.91 Å². The third-order valence-electron chi connectivity index (χ3n) is 6.71. The van der Waals surface area contributed by atoms with Gasteiger partial charge in [-0.05, 0) is 41.8 Å². The number of benzene rings is 2. The molecule has 1 amide bonds. The predicted molar refractivity (Wildman–Crippen MR) is 119 cm³/mol. The van der Waals surface area contributed by atoms with Crippen molar-refractivity contribution in [3.05, 3.63) is 78.1 Å². The number of hydrogen-bond donors (Lipinski definition) is 1. The second kappa shape index (κ2) is 8.17. The van der Waals surface area contributed by atoms with Gasteiger partial charge in [0.1, 0.15) is 5.69 Å². The lowest BCUT2D eigenvalue weighted by atomic mass is 10.0. The molecule has 2 aliphatic heterocycles. The Morgan fingerprint density at radius 2 is 1.67 bits per heavy atom. The summed E-state index contributed by atoms with van der Waals surface area (Å²) >= 11 is 0. The van der Waals surface area contributed by atoms with Crippen LogP contribution >= 0.6 is 0 Å². The molecule has 0 radical (unpaired) electrons. The number of rotatable bonds is 5. The molecule has 5 heteroatoms. The molecule has 0 saturated carbocycles. The molecule has 2 unspecified atom stereocenters. The van der Waals surface area contributed by atoms with Gasteiger partial charge >= 0.3 is 0 Å². The Morgan fingerprint density at radius 3 is 2.43 bits per heavy atom. The third-order valence-corrected chi connectivity index (χ3v) is 6.71. The fraction of sp³-hybridized carbons (Fsp3) is 0.360. The Balaban J connectivity index is 1.18. The van der Waals surface area contributed by atoms with Crippen LogP contribution in [0.25, 0.3) is 10.8 Å². The number of amides is 1. The first kappa shape index (κ1) is 19.2. The molecule has 2 fully saturated rings. The van der Waals surface area contributed by atoms with Crippen molar-refractivity contribution >= 4 is 16.7 Å². The first-order valence-electron chi connectivity index (χ1n) is 10.8. The summed E-state index contributed by atoms with van der Waals surface area (Å²) in [6.07, 6.45) is 2.70. The molecule has 0 bridgehead atoms. The van der Waals surface area contributed by atoms with Gasteiger partial charge in [0.15, 0.2) is 0 Å². The molecule has 30 heavy (non-hydrogen) atoms. The van der Waals surface area contributed by atoms with Crippen molar-refractivity contribution in [2.75, 3.05) is 32.7 Å². The lowest BCUT2D eigenvalue weighted by Gasteiger charge is -2.23. The van der Waals surface area contributed by atoms with Gasteiger partial charge in [0.2, 0.25) is 0 Å². The number of fused-ring (bicyclic) bond motifs is 2. The Bertz CT molecular complexity index is 1020. The van der Waals surface area contributed by atoms with Crippen molar-refractivity contribution in [2.45, 2.75) is 12.5 Å². The summed E-state index contributed by atoms with van der Waals surface area (Å²) in [6.45, 7) is 4.78. The maximum atomic E-state index is 13.2. The normalized spacial score (nSPS) is 22.4. The average molecular weight is 401 g/mol. The summed E-state index contributed by atoms with van der Waals surface area (Å²) < 4.78 is 0. The molecule has 0 spiro atoms. The molecule has 5 rings (SSSR count). The highest BCUT2D eigenvalue weighted by atomic mass is 16.2.